The van der Waals surface area contributed by atoms with E-state index in [1.165, 1.54) is 12.1 Å². The minimum atomic E-state index is -0.317. The lowest BCUT2D eigenvalue weighted by Gasteiger charge is -2.28. The second kappa shape index (κ2) is 8.77. The van der Waals surface area contributed by atoms with E-state index < -0.39 is 0 Å². The van der Waals surface area contributed by atoms with Crippen molar-refractivity contribution in [2.75, 3.05) is 22.6 Å². The van der Waals surface area contributed by atoms with Gasteiger partial charge in [0.05, 0.1) is 16.8 Å². The van der Waals surface area contributed by atoms with E-state index in [-0.39, 0.29) is 11.7 Å². The van der Waals surface area contributed by atoms with Crippen LogP contribution in [0.5, 0.6) is 0 Å². The number of nitrogens with zero attached hydrogens (tertiary/aromatic N) is 4. The van der Waals surface area contributed by atoms with E-state index in [2.05, 4.69) is 20.6 Å². The maximum Gasteiger partial charge on any atom is 0.231 e. The van der Waals surface area contributed by atoms with E-state index in [0.717, 1.165) is 33.5 Å². The standard InChI is InChI=1S/C27H22FN7O/c1-35-22(36)10-5-17-3-2-4-21(24(17)35)32-27-33-25-23(20(15-30-25)16-11-13-29-14-12-16)26(34-27)31-19-8-6-18(28)7-9-19/h2-4,6-9,11-15H,5,10H2,1H3,(H3,30,31,32,33,34). The number of benzene rings is 2. The van der Waals surface area contributed by atoms with Crippen molar-refractivity contribution in [2.45, 2.75) is 12.8 Å². The molecule has 0 unspecified atom stereocenters. The summed E-state index contributed by atoms with van der Waals surface area (Å²) in [6.45, 7) is 0. The predicted molar refractivity (Wildman–Crippen MR) is 138 cm³/mol. The average Bonchev–Trinajstić information content (AvgIpc) is 3.33. The summed E-state index contributed by atoms with van der Waals surface area (Å²) in [7, 11) is 1.78. The summed E-state index contributed by atoms with van der Waals surface area (Å²) >= 11 is 0. The number of carbonyl (C=O) groups is 1. The monoisotopic (exact) mass is 479 g/mol. The number of pyridine rings is 1. The molecule has 178 valence electrons. The van der Waals surface area contributed by atoms with Crippen molar-refractivity contribution in [3.8, 4) is 11.1 Å². The Hall–Kier alpha value is -4.79. The molecule has 3 aromatic heterocycles. The molecule has 0 saturated carbocycles. The zero-order valence-corrected chi connectivity index (χ0v) is 19.4. The number of nitrogens with one attached hydrogen (secondary N) is 3. The number of aromatic nitrogens is 4. The van der Waals surface area contributed by atoms with Gasteiger partial charge in [0, 0.05) is 43.3 Å². The molecule has 2 aromatic carbocycles. The predicted octanol–water partition coefficient (Wildman–Crippen LogP) is 5.56. The highest BCUT2D eigenvalue weighted by Gasteiger charge is 2.24. The molecule has 5 aromatic rings. The lowest BCUT2D eigenvalue weighted by molar-refractivity contribution is -0.118. The molecule has 6 rings (SSSR count). The van der Waals surface area contributed by atoms with Crippen LogP contribution in [0, 0.1) is 5.82 Å². The number of hydrogen-bond donors (Lipinski definition) is 3. The highest BCUT2D eigenvalue weighted by atomic mass is 19.1. The molecule has 0 aliphatic carbocycles. The van der Waals surface area contributed by atoms with Crippen molar-refractivity contribution in [2.24, 2.45) is 0 Å². The van der Waals surface area contributed by atoms with Crippen LogP contribution in [0.4, 0.5) is 33.2 Å². The summed E-state index contributed by atoms with van der Waals surface area (Å²) in [6.07, 6.45) is 6.52. The Bertz CT molecular complexity index is 1580. The van der Waals surface area contributed by atoms with Crippen LogP contribution in [0.2, 0.25) is 0 Å². The number of para-hydroxylation sites is 1. The molecule has 1 amide bonds. The Balaban J connectivity index is 1.47. The fraction of sp³-hybridized carbons (Fsp3) is 0.111. The minimum Gasteiger partial charge on any atom is -0.345 e. The summed E-state index contributed by atoms with van der Waals surface area (Å²) in [5.74, 6) is 0.659. The Morgan fingerprint density at radius 2 is 1.78 bits per heavy atom. The topological polar surface area (TPSA) is 98.8 Å². The van der Waals surface area contributed by atoms with Crippen LogP contribution >= 0.6 is 0 Å². The molecule has 8 nitrogen and oxygen atoms in total. The van der Waals surface area contributed by atoms with Crippen LogP contribution in [0.1, 0.15) is 12.0 Å². The average molecular weight is 480 g/mol. The van der Waals surface area contributed by atoms with Gasteiger partial charge < -0.3 is 20.5 Å². The lowest BCUT2D eigenvalue weighted by Crippen LogP contribution is -2.31. The molecule has 4 heterocycles. The first kappa shape index (κ1) is 21.7. The van der Waals surface area contributed by atoms with Gasteiger partial charge >= 0.3 is 0 Å². The first-order valence-corrected chi connectivity index (χ1v) is 11.5. The fourth-order valence-electron chi connectivity index (χ4n) is 4.55. The van der Waals surface area contributed by atoms with Gasteiger partial charge in [-0.25, -0.2) is 4.39 Å². The number of rotatable bonds is 5. The molecule has 0 spiro atoms. The second-order valence-electron chi connectivity index (χ2n) is 8.58. The van der Waals surface area contributed by atoms with Crippen LogP contribution in [0.15, 0.2) is 73.2 Å². The van der Waals surface area contributed by atoms with Crippen molar-refractivity contribution in [3.63, 3.8) is 0 Å². The number of halogens is 1. The zero-order chi connectivity index (χ0) is 24.6. The number of amides is 1. The second-order valence-corrected chi connectivity index (χ2v) is 8.58. The van der Waals surface area contributed by atoms with E-state index in [0.29, 0.717) is 35.9 Å². The number of hydrogen-bond acceptors (Lipinski definition) is 6. The molecular weight excluding hydrogens is 457 g/mol. The minimum absolute atomic E-state index is 0.0677. The van der Waals surface area contributed by atoms with Gasteiger partial charge in [-0.15, -0.1) is 0 Å². The molecule has 1 aliphatic rings. The number of H-pyrrole nitrogens is 1. The molecular formula is C27H22FN7O. The number of aryl methyl sites for hydroxylation is 1. The van der Waals surface area contributed by atoms with E-state index >= 15 is 0 Å². The Kier molecular flexibility index (Phi) is 5.29. The number of aromatic amines is 1. The van der Waals surface area contributed by atoms with E-state index in [9.17, 15) is 9.18 Å². The highest BCUT2D eigenvalue weighted by molar-refractivity contribution is 6.03. The molecule has 0 atom stereocenters. The van der Waals surface area contributed by atoms with Crippen molar-refractivity contribution in [3.05, 3.63) is 84.6 Å². The van der Waals surface area contributed by atoms with Crippen molar-refractivity contribution in [1.29, 1.82) is 0 Å². The molecule has 0 saturated heterocycles. The molecule has 3 N–H and O–H groups in total. The maximum atomic E-state index is 13.5. The van der Waals surface area contributed by atoms with Crippen molar-refractivity contribution in [1.82, 2.24) is 19.9 Å². The Labute approximate surface area is 206 Å². The van der Waals surface area contributed by atoms with E-state index in [4.69, 9.17) is 9.97 Å². The van der Waals surface area contributed by atoms with Crippen LogP contribution in [-0.4, -0.2) is 32.9 Å². The SMILES string of the molecule is CN1C(=O)CCc2cccc(Nc3nc(Nc4ccc(F)cc4)c4c(-c5ccncc5)c[nH]c4n3)c21. The largest absolute Gasteiger partial charge is 0.345 e. The zero-order valence-electron chi connectivity index (χ0n) is 19.4. The third-order valence-electron chi connectivity index (χ3n) is 6.31. The van der Waals surface area contributed by atoms with Gasteiger partial charge in [-0.2, -0.15) is 9.97 Å². The third kappa shape index (κ3) is 3.90. The Morgan fingerprint density at radius 3 is 2.58 bits per heavy atom. The van der Waals surface area contributed by atoms with Crippen molar-refractivity contribution < 1.29 is 9.18 Å². The first-order chi connectivity index (χ1) is 17.6. The van der Waals surface area contributed by atoms with Crippen LogP contribution in [0.25, 0.3) is 22.2 Å². The summed E-state index contributed by atoms with van der Waals surface area (Å²) < 4.78 is 13.5. The molecule has 9 heteroatoms. The normalized spacial score (nSPS) is 13.1. The molecule has 0 radical (unpaired) electrons. The van der Waals surface area contributed by atoms with Gasteiger partial charge in [0.15, 0.2) is 0 Å². The van der Waals surface area contributed by atoms with Gasteiger partial charge in [0.2, 0.25) is 11.9 Å². The highest BCUT2D eigenvalue weighted by Crippen LogP contribution is 2.38. The lowest BCUT2D eigenvalue weighted by atomic mass is 10.0. The van der Waals surface area contributed by atoms with Crippen molar-refractivity contribution >= 4 is 45.8 Å². The number of anilines is 5. The fourth-order valence-corrected chi connectivity index (χ4v) is 4.55. The summed E-state index contributed by atoms with van der Waals surface area (Å²) in [6, 6.07) is 15.8. The van der Waals surface area contributed by atoms with Gasteiger partial charge in [0.1, 0.15) is 17.3 Å². The summed E-state index contributed by atoms with van der Waals surface area (Å²) in [5.41, 5.74) is 5.84. The van der Waals surface area contributed by atoms with Crippen LogP contribution in [-0.2, 0) is 11.2 Å². The van der Waals surface area contributed by atoms with E-state index in [1.54, 1.807) is 36.5 Å². The molecule has 0 fully saturated rings. The van der Waals surface area contributed by atoms with Crippen LogP contribution < -0.4 is 15.5 Å². The number of fused-ring (bicyclic) bond motifs is 2. The molecule has 36 heavy (non-hydrogen) atoms. The Morgan fingerprint density at radius 1 is 0.972 bits per heavy atom. The molecule has 1 aliphatic heterocycles. The summed E-state index contributed by atoms with van der Waals surface area (Å²) in [4.78, 5) is 30.9. The first-order valence-electron chi connectivity index (χ1n) is 11.5. The van der Waals surface area contributed by atoms with Crippen LogP contribution in [0.3, 0.4) is 0 Å². The quantitative estimate of drug-likeness (QED) is 0.305. The van der Waals surface area contributed by atoms with Gasteiger partial charge in [-0.3, -0.25) is 9.78 Å². The van der Waals surface area contributed by atoms with Gasteiger partial charge in [-0.1, -0.05) is 12.1 Å². The van der Waals surface area contributed by atoms with E-state index in [1.807, 2.05) is 36.5 Å². The van der Waals surface area contributed by atoms with Gasteiger partial charge in [0.25, 0.3) is 0 Å². The maximum absolute atomic E-state index is 13.5. The smallest absolute Gasteiger partial charge is 0.231 e. The third-order valence-corrected chi connectivity index (χ3v) is 6.31. The van der Waals surface area contributed by atoms with Gasteiger partial charge in [-0.05, 0) is 60.0 Å². The number of carbonyl (C=O) groups excluding carboxylic acids is 1. The summed E-state index contributed by atoms with van der Waals surface area (Å²) in [5, 5.41) is 7.42. The molecule has 0 bridgehead atoms.